The monoisotopic (exact) mass is 334 g/mol. The lowest BCUT2D eigenvalue weighted by molar-refractivity contribution is -0.131. The molecule has 0 aromatic heterocycles. The zero-order valence-electron chi connectivity index (χ0n) is 14.9. The number of urea groups is 1. The summed E-state index contributed by atoms with van der Waals surface area (Å²) >= 11 is 0. The predicted molar refractivity (Wildman–Crippen MR) is 91.1 cm³/mol. The van der Waals surface area contributed by atoms with Gasteiger partial charge < -0.3 is 15.2 Å². The van der Waals surface area contributed by atoms with Crippen molar-refractivity contribution in [2.24, 2.45) is 0 Å². The molecule has 1 heterocycles. The highest BCUT2D eigenvalue weighted by atomic mass is 16.5. The fourth-order valence-corrected chi connectivity index (χ4v) is 2.83. The van der Waals surface area contributed by atoms with E-state index in [0.717, 1.165) is 10.5 Å². The number of amides is 3. The van der Waals surface area contributed by atoms with Crippen molar-refractivity contribution >= 4 is 11.9 Å². The lowest BCUT2D eigenvalue weighted by Gasteiger charge is -2.20. The fourth-order valence-electron chi connectivity index (χ4n) is 2.83. The molecule has 2 N–H and O–H groups in total. The van der Waals surface area contributed by atoms with Gasteiger partial charge in [0.2, 0.25) is 0 Å². The minimum absolute atomic E-state index is 0.0119. The molecule has 0 bridgehead atoms. The van der Waals surface area contributed by atoms with Gasteiger partial charge in [-0.05, 0) is 49.9 Å². The maximum Gasteiger partial charge on any atom is 0.325 e. The molecule has 1 atom stereocenters. The number of nitrogens with zero attached hydrogens (tertiary/aromatic N) is 1. The zero-order valence-corrected chi connectivity index (χ0v) is 14.9. The van der Waals surface area contributed by atoms with Gasteiger partial charge in [-0.3, -0.25) is 9.69 Å². The van der Waals surface area contributed by atoms with Gasteiger partial charge in [0.05, 0.1) is 6.54 Å². The van der Waals surface area contributed by atoms with Crippen LogP contribution in [0.4, 0.5) is 4.79 Å². The molecule has 1 saturated heterocycles. The first-order valence-electron chi connectivity index (χ1n) is 8.17. The summed E-state index contributed by atoms with van der Waals surface area (Å²) in [5.74, 6) is 0.754. The highest BCUT2D eigenvalue weighted by molar-refractivity contribution is 6.06. The van der Waals surface area contributed by atoms with E-state index in [4.69, 9.17) is 4.74 Å². The van der Waals surface area contributed by atoms with E-state index in [1.54, 1.807) is 13.8 Å². The number of aliphatic hydroxyl groups is 1. The van der Waals surface area contributed by atoms with Crippen molar-refractivity contribution in [3.05, 3.63) is 29.3 Å². The van der Waals surface area contributed by atoms with Crippen molar-refractivity contribution in [2.75, 3.05) is 13.2 Å². The number of carbonyl (C=O) groups excluding carboxylic acids is 2. The number of aliphatic hydroxyl groups excluding tert-OH is 1. The first-order valence-corrected chi connectivity index (χ1v) is 8.17. The SMILES string of the molecule is Cc1cc(OC[C@H](O)CN2C(=O)NC(C)(C)C2=O)ccc1C(C)C. The van der Waals surface area contributed by atoms with Gasteiger partial charge in [0.25, 0.3) is 5.91 Å². The van der Waals surface area contributed by atoms with Gasteiger partial charge >= 0.3 is 6.03 Å². The van der Waals surface area contributed by atoms with Gasteiger partial charge in [-0.2, -0.15) is 0 Å². The molecule has 0 saturated carbocycles. The minimum Gasteiger partial charge on any atom is -0.491 e. The summed E-state index contributed by atoms with van der Waals surface area (Å²) in [5.41, 5.74) is 1.46. The maximum atomic E-state index is 12.1. The fraction of sp³-hybridized carbons (Fsp3) is 0.556. The number of nitrogens with one attached hydrogen (secondary N) is 1. The van der Waals surface area contributed by atoms with Crippen molar-refractivity contribution in [2.45, 2.75) is 52.2 Å². The van der Waals surface area contributed by atoms with Gasteiger partial charge in [-0.25, -0.2) is 4.79 Å². The van der Waals surface area contributed by atoms with Gasteiger partial charge in [0.15, 0.2) is 0 Å². The average Bonchev–Trinajstić information content (AvgIpc) is 2.67. The number of aryl methyl sites for hydroxylation is 1. The number of imide groups is 1. The van der Waals surface area contributed by atoms with Crippen LogP contribution >= 0.6 is 0 Å². The standard InChI is InChI=1S/C18H26N2O4/c1-11(2)15-7-6-14(8-12(15)3)24-10-13(21)9-20-16(22)18(4,5)19-17(20)23/h6-8,11,13,21H,9-10H2,1-5H3,(H,19,23)/t13-/m1/s1. The van der Waals surface area contributed by atoms with Crippen molar-refractivity contribution in [3.8, 4) is 5.75 Å². The Bertz CT molecular complexity index is 640. The van der Waals surface area contributed by atoms with Crippen LogP contribution in [0.1, 0.15) is 44.7 Å². The van der Waals surface area contributed by atoms with Crippen LogP contribution in [0, 0.1) is 6.92 Å². The Balaban J connectivity index is 1.92. The highest BCUT2D eigenvalue weighted by Gasteiger charge is 2.44. The number of ether oxygens (including phenoxy) is 1. The molecular weight excluding hydrogens is 308 g/mol. The predicted octanol–water partition coefficient (Wildman–Crippen LogP) is 2.19. The number of benzene rings is 1. The van der Waals surface area contributed by atoms with Crippen molar-refractivity contribution < 1.29 is 19.4 Å². The summed E-state index contributed by atoms with van der Waals surface area (Å²) in [7, 11) is 0. The Morgan fingerprint density at radius 1 is 1.29 bits per heavy atom. The molecular formula is C18H26N2O4. The second-order valence-corrected chi connectivity index (χ2v) is 7.11. The third kappa shape index (κ3) is 3.87. The molecule has 1 aliphatic rings. The molecule has 1 fully saturated rings. The third-order valence-electron chi connectivity index (χ3n) is 4.14. The largest absolute Gasteiger partial charge is 0.491 e. The van der Waals surface area contributed by atoms with Gasteiger partial charge in [0, 0.05) is 0 Å². The summed E-state index contributed by atoms with van der Waals surface area (Å²) in [6, 6.07) is 5.33. The summed E-state index contributed by atoms with van der Waals surface area (Å²) in [6.07, 6.45) is -0.946. The van der Waals surface area contributed by atoms with E-state index >= 15 is 0 Å². The maximum absolute atomic E-state index is 12.1. The van der Waals surface area contributed by atoms with Crippen LogP contribution in [0.5, 0.6) is 5.75 Å². The Labute approximate surface area is 142 Å². The van der Waals surface area contributed by atoms with Crippen LogP contribution in [0.15, 0.2) is 18.2 Å². The summed E-state index contributed by atoms with van der Waals surface area (Å²) in [5, 5.41) is 12.7. The van der Waals surface area contributed by atoms with E-state index < -0.39 is 17.7 Å². The highest BCUT2D eigenvalue weighted by Crippen LogP contribution is 2.23. The molecule has 132 valence electrons. The number of carbonyl (C=O) groups is 2. The van der Waals surface area contributed by atoms with Crippen LogP contribution in [-0.4, -0.2) is 46.7 Å². The minimum atomic E-state index is -0.946. The van der Waals surface area contributed by atoms with Crippen LogP contribution < -0.4 is 10.1 Å². The summed E-state index contributed by atoms with van der Waals surface area (Å²) in [4.78, 5) is 24.9. The number of hydrogen-bond donors (Lipinski definition) is 2. The van der Waals surface area contributed by atoms with E-state index in [-0.39, 0.29) is 19.1 Å². The first kappa shape index (κ1) is 18.3. The molecule has 3 amide bonds. The van der Waals surface area contributed by atoms with Gasteiger partial charge in [-0.1, -0.05) is 19.9 Å². The molecule has 1 aliphatic heterocycles. The van der Waals surface area contributed by atoms with E-state index in [9.17, 15) is 14.7 Å². The van der Waals surface area contributed by atoms with Crippen molar-refractivity contribution in [3.63, 3.8) is 0 Å². The molecule has 0 spiro atoms. The molecule has 1 aromatic rings. The summed E-state index contributed by atoms with van der Waals surface area (Å²) < 4.78 is 5.60. The molecule has 1 aromatic carbocycles. The molecule has 0 aliphatic carbocycles. The average molecular weight is 334 g/mol. The van der Waals surface area contributed by atoms with E-state index in [2.05, 4.69) is 19.2 Å². The normalized spacial score (nSPS) is 18.0. The molecule has 2 rings (SSSR count). The second-order valence-electron chi connectivity index (χ2n) is 7.11. The quantitative estimate of drug-likeness (QED) is 0.782. The van der Waals surface area contributed by atoms with Gasteiger partial charge in [0.1, 0.15) is 24.0 Å². The number of hydrogen-bond acceptors (Lipinski definition) is 4. The summed E-state index contributed by atoms with van der Waals surface area (Å²) in [6.45, 7) is 9.48. The first-order chi connectivity index (χ1) is 11.1. The lowest BCUT2D eigenvalue weighted by atomic mass is 9.98. The number of β-amino-alcohol motifs (C(OH)–C–C–N with tert-alkyl or cyclic N) is 1. The Morgan fingerprint density at radius 3 is 2.46 bits per heavy atom. The van der Waals surface area contributed by atoms with E-state index in [1.165, 1.54) is 5.56 Å². The molecule has 24 heavy (non-hydrogen) atoms. The van der Waals surface area contributed by atoms with Gasteiger partial charge in [-0.15, -0.1) is 0 Å². The smallest absolute Gasteiger partial charge is 0.325 e. The Kier molecular flexibility index (Phi) is 5.18. The van der Waals surface area contributed by atoms with Crippen molar-refractivity contribution in [1.29, 1.82) is 0 Å². The molecule has 6 nitrogen and oxygen atoms in total. The number of rotatable bonds is 6. The Hall–Kier alpha value is -2.08. The molecule has 0 radical (unpaired) electrons. The lowest BCUT2D eigenvalue weighted by Crippen LogP contribution is -2.42. The second kappa shape index (κ2) is 6.81. The van der Waals surface area contributed by atoms with Crippen molar-refractivity contribution in [1.82, 2.24) is 10.2 Å². The van der Waals surface area contributed by atoms with E-state index in [1.807, 2.05) is 25.1 Å². The van der Waals surface area contributed by atoms with Crippen LogP contribution in [0.2, 0.25) is 0 Å². The topological polar surface area (TPSA) is 78.9 Å². The van der Waals surface area contributed by atoms with Crippen LogP contribution in [0.25, 0.3) is 0 Å². The van der Waals surface area contributed by atoms with Crippen LogP contribution in [-0.2, 0) is 4.79 Å². The van der Waals surface area contributed by atoms with Crippen LogP contribution in [0.3, 0.4) is 0 Å². The third-order valence-corrected chi connectivity index (χ3v) is 4.14. The molecule has 6 heteroatoms. The Morgan fingerprint density at radius 2 is 1.96 bits per heavy atom. The molecule has 0 unspecified atom stereocenters. The zero-order chi connectivity index (χ0) is 18.1. The van der Waals surface area contributed by atoms with E-state index in [0.29, 0.717) is 11.7 Å².